The predicted octanol–water partition coefficient (Wildman–Crippen LogP) is 4.14. The summed E-state index contributed by atoms with van der Waals surface area (Å²) < 4.78 is 6.77. The van der Waals surface area contributed by atoms with Gasteiger partial charge in [0.15, 0.2) is 0 Å². The van der Waals surface area contributed by atoms with Crippen molar-refractivity contribution >= 4 is 38.8 Å². The maximum atomic E-state index is 13.3. The largest absolute Gasteiger partial charge is 0.464 e. The van der Waals surface area contributed by atoms with Crippen molar-refractivity contribution in [2.75, 3.05) is 5.32 Å². The minimum absolute atomic E-state index is 0.128. The van der Waals surface area contributed by atoms with Gasteiger partial charge in [0, 0.05) is 29.5 Å². The van der Waals surface area contributed by atoms with Gasteiger partial charge in [-0.1, -0.05) is 13.0 Å². The van der Waals surface area contributed by atoms with Crippen LogP contribution in [0.25, 0.3) is 21.5 Å². The third-order valence-electron chi connectivity index (χ3n) is 4.88. The SMILES string of the molecule is CCc1nc2scc(-c3ccco3)c2c(=O)n1CC(=O)Nc1cc([N+](=O)[O-])ccc1C. The van der Waals surface area contributed by atoms with Crippen molar-refractivity contribution in [1.82, 2.24) is 9.55 Å². The predicted molar refractivity (Wildman–Crippen MR) is 117 cm³/mol. The van der Waals surface area contributed by atoms with Crippen molar-refractivity contribution in [2.24, 2.45) is 0 Å². The first-order chi connectivity index (χ1) is 14.9. The second kappa shape index (κ2) is 8.15. The Balaban J connectivity index is 1.71. The van der Waals surface area contributed by atoms with E-state index in [1.807, 2.05) is 12.3 Å². The van der Waals surface area contributed by atoms with Crippen LogP contribution >= 0.6 is 11.3 Å². The molecule has 9 nitrogen and oxygen atoms in total. The smallest absolute Gasteiger partial charge is 0.271 e. The van der Waals surface area contributed by atoms with Crippen LogP contribution in [0.3, 0.4) is 0 Å². The number of aryl methyl sites for hydroxylation is 2. The van der Waals surface area contributed by atoms with Crippen LogP contribution < -0.4 is 10.9 Å². The van der Waals surface area contributed by atoms with E-state index in [1.165, 1.54) is 34.3 Å². The Morgan fingerprint density at radius 3 is 2.84 bits per heavy atom. The number of nitro groups is 1. The molecule has 0 bridgehead atoms. The lowest BCUT2D eigenvalue weighted by Crippen LogP contribution is -2.31. The molecule has 3 heterocycles. The van der Waals surface area contributed by atoms with Crippen molar-refractivity contribution in [3.8, 4) is 11.3 Å². The van der Waals surface area contributed by atoms with Gasteiger partial charge in [-0.15, -0.1) is 11.3 Å². The normalized spacial score (nSPS) is 11.0. The van der Waals surface area contributed by atoms with Crippen LogP contribution in [0, 0.1) is 17.0 Å². The van der Waals surface area contributed by atoms with Crippen molar-refractivity contribution < 1.29 is 14.1 Å². The molecule has 1 N–H and O–H groups in total. The molecule has 0 fully saturated rings. The molecule has 0 spiro atoms. The average Bonchev–Trinajstić information content (AvgIpc) is 3.41. The monoisotopic (exact) mass is 438 g/mol. The molecule has 0 aliphatic carbocycles. The molecule has 158 valence electrons. The average molecular weight is 438 g/mol. The zero-order chi connectivity index (χ0) is 22.1. The zero-order valence-corrected chi connectivity index (χ0v) is 17.6. The molecule has 1 amide bonds. The molecule has 4 aromatic rings. The Bertz CT molecular complexity index is 1350. The summed E-state index contributed by atoms with van der Waals surface area (Å²) in [4.78, 5) is 41.7. The molecule has 0 unspecified atom stereocenters. The van der Waals surface area contributed by atoms with E-state index in [-0.39, 0.29) is 17.8 Å². The van der Waals surface area contributed by atoms with Crippen LogP contribution in [0.2, 0.25) is 0 Å². The molecule has 0 aliphatic heterocycles. The highest BCUT2D eigenvalue weighted by Crippen LogP contribution is 2.31. The summed E-state index contributed by atoms with van der Waals surface area (Å²) in [6.45, 7) is 3.33. The number of non-ortho nitro benzene ring substituents is 1. The third kappa shape index (κ3) is 3.84. The van der Waals surface area contributed by atoms with Crippen molar-refractivity contribution in [1.29, 1.82) is 0 Å². The fraction of sp³-hybridized carbons (Fsp3) is 0.190. The number of fused-ring (bicyclic) bond motifs is 1. The summed E-state index contributed by atoms with van der Waals surface area (Å²) in [5, 5.41) is 15.9. The number of carbonyl (C=O) groups excluding carboxylic acids is 1. The minimum Gasteiger partial charge on any atom is -0.464 e. The van der Waals surface area contributed by atoms with Crippen LogP contribution in [-0.4, -0.2) is 20.4 Å². The van der Waals surface area contributed by atoms with Gasteiger partial charge in [0.2, 0.25) is 5.91 Å². The van der Waals surface area contributed by atoms with Crippen molar-refractivity contribution in [3.05, 3.63) is 73.8 Å². The summed E-state index contributed by atoms with van der Waals surface area (Å²) >= 11 is 1.34. The van der Waals surface area contributed by atoms with Gasteiger partial charge in [-0.25, -0.2) is 4.98 Å². The molecule has 0 atom stereocenters. The summed E-state index contributed by atoms with van der Waals surface area (Å²) in [7, 11) is 0. The van der Waals surface area contributed by atoms with Gasteiger partial charge in [-0.3, -0.25) is 24.3 Å². The number of carbonyl (C=O) groups is 1. The number of anilines is 1. The topological polar surface area (TPSA) is 120 Å². The number of amides is 1. The fourth-order valence-corrected chi connectivity index (χ4v) is 4.24. The molecule has 0 saturated carbocycles. The Hall–Kier alpha value is -3.79. The molecule has 31 heavy (non-hydrogen) atoms. The number of thiophene rings is 1. The van der Waals surface area contributed by atoms with Gasteiger partial charge in [-0.2, -0.15) is 0 Å². The quantitative estimate of drug-likeness (QED) is 0.357. The lowest BCUT2D eigenvalue weighted by molar-refractivity contribution is -0.384. The number of hydrogen-bond donors (Lipinski definition) is 1. The number of benzene rings is 1. The third-order valence-corrected chi connectivity index (χ3v) is 5.76. The Morgan fingerprint density at radius 2 is 2.16 bits per heavy atom. The van der Waals surface area contributed by atoms with E-state index in [2.05, 4.69) is 10.3 Å². The first kappa shape index (κ1) is 20.5. The maximum absolute atomic E-state index is 13.3. The molecule has 10 heteroatoms. The highest BCUT2D eigenvalue weighted by molar-refractivity contribution is 7.17. The molecular weight excluding hydrogens is 420 g/mol. The number of nitro benzene ring substituents is 1. The summed E-state index contributed by atoms with van der Waals surface area (Å²) in [5.41, 5.74) is 1.17. The van der Waals surface area contributed by atoms with E-state index in [4.69, 9.17) is 4.42 Å². The fourth-order valence-electron chi connectivity index (χ4n) is 3.30. The second-order valence-corrected chi connectivity index (χ2v) is 7.74. The number of nitrogens with zero attached hydrogens (tertiary/aromatic N) is 3. The van der Waals surface area contributed by atoms with E-state index < -0.39 is 10.8 Å². The van der Waals surface area contributed by atoms with Gasteiger partial charge in [-0.05, 0) is 24.6 Å². The summed E-state index contributed by atoms with van der Waals surface area (Å²) in [6, 6.07) is 7.73. The van der Waals surface area contributed by atoms with Crippen LogP contribution in [-0.2, 0) is 17.8 Å². The van der Waals surface area contributed by atoms with Gasteiger partial charge < -0.3 is 9.73 Å². The Kier molecular flexibility index (Phi) is 5.38. The zero-order valence-electron chi connectivity index (χ0n) is 16.7. The van der Waals surface area contributed by atoms with E-state index >= 15 is 0 Å². The lowest BCUT2D eigenvalue weighted by Gasteiger charge is -2.13. The van der Waals surface area contributed by atoms with Gasteiger partial charge >= 0.3 is 0 Å². The summed E-state index contributed by atoms with van der Waals surface area (Å²) in [6.07, 6.45) is 1.99. The van der Waals surface area contributed by atoms with Crippen LogP contribution in [0.5, 0.6) is 0 Å². The second-order valence-electron chi connectivity index (χ2n) is 6.88. The number of furan rings is 1. The standard InChI is InChI=1S/C21H18N4O5S/c1-3-17-23-20-19(14(11-31-20)16-5-4-8-30-16)21(27)24(17)10-18(26)22-15-9-13(25(28)29)7-6-12(15)2/h4-9,11H,3,10H2,1-2H3,(H,22,26). The van der Waals surface area contributed by atoms with Gasteiger partial charge in [0.1, 0.15) is 23.0 Å². The van der Waals surface area contributed by atoms with Crippen molar-refractivity contribution in [3.63, 3.8) is 0 Å². The van der Waals surface area contributed by atoms with E-state index in [0.29, 0.717) is 45.0 Å². The van der Waals surface area contributed by atoms with Crippen molar-refractivity contribution in [2.45, 2.75) is 26.8 Å². The van der Waals surface area contributed by atoms with Crippen LogP contribution in [0.15, 0.2) is 51.2 Å². The first-order valence-corrected chi connectivity index (χ1v) is 10.4. The van der Waals surface area contributed by atoms with Gasteiger partial charge in [0.25, 0.3) is 11.2 Å². The molecule has 3 aromatic heterocycles. The minimum atomic E-state index is -0.528. The molecule has 1 aromatic carbocycles. The lowest BCUT2D eigenvalue weighted by atomic mass is 10.2. The maximum Gasteiger partial charge on any atom is 0.271 e. The molecule has 0 aliphatic rings. The number of rotatable bonds is 6. The highest BCUT2D eigenvalue weighted by Gasteiger charge is 2.19. The molecule has 0 radical (unpaired) electrons. The molecule has 4 rings (SSSR count). The molecular formula is C21H18N4O5S. The highest BCUT2D eigenvalue weighted by atomic mass is 32.1. The van der Waals surface area contributed by atoms with E-state index in [9.17, 15) is 19.7 Å². The summed E-state index contributed by atoms with van der Waals surface area (Å²) in [5.74, 6) is 0.560. The van der Waals surface area contributed by atoms with Crippen LogP contribution in [0.1, 0.15) is 18.3 Å². The number of aromatic nitrogens is 2. The number of hydrogen-bond acceptors (Lipinski definition) is 7. The first-order valence-electron chi connectivity index (χ1n) is 9.48. The van der Waals surface area contributed by atoms with E-state index in [1.54, 1.807) is 25.1 Å². The van der Waals surface area contributed by atoms with Crippen LogP contribution in [0.4, 0.5) is 11.4 Å². The van der Waals surface area contributed by atoms with Gasteiger partial charge in [0.05, 0.1) is 22.3 Å². The molecule has 0 saturated heterocycles. The Labute approximate surface area is 180 Å². The Morgan fingerprint density at radius 1 is 1.35 bits per heavy atom. The van der Waals surface area contributed by atoms with E-state index in [0.717, 1.165) is 0 Å². The number of nitrogens with one attached hydrogen (secondary N) is 1.